The summed E-state index contributed by atoms with van der Waals surface area (Å²) in [6.45, 7) is 5.86. The third kappa shape index (κ3) is 3.19. The lowest BCUT2D eigenvalue weighted by Gasteiger charge is -2.19. The highest BCUT2D eigenvalue weighted by molar-refractivity contribution is 5.90. The van der Waals surface area contributed by atoms with Crippen molar-refractivity contribution >= 4 is 17.0 Å². The molecule has 1 heterocycles. The third-order valence-electron chi connectivity index (χ3n) is 2.62. The zero-order valence-corrected chi connectivity index (χ0v) is 11.9. The Morgan fingerprint density at radius 1 is 1.35 bits per heavy atom. The van der Waals surface area contributed by atoms with E-state index in [0.29, 0.717) is 6.54 Å². The Morgan fingerprint density at radius 3 is 2.75 bits per heavy atom. The first-order valence-electron chi connectivity index (χ1n) is 6.44. The number of fused-ring (bicyclic) bond motifs is 1. The van der Waals surface area contributed by atoms with Crippen molar-refractivity contribution in [2.75, 3.05) is 6.54 Å². The largest absolute Gasteiger partial charge is 0.443 e. The smallest absolute Gasteiger partial charge is 0.418 e. The Hall–Kier alpha value is -2.25. The first-order chi connectivity index (χ1) is 9.40. The quantitative estimate of drug-likeness (QED) is 0.749. The molecule has 4 heteroatoms. The van der Waals surface area contributed by atoms with E-state index in [2.05, 4.69) is 11.8 Å². The van der Waals surface area contributed by atoms with Gasteiger partial charge >= 0.3 is 6.09 Å². The van der Waals surface area contributed by atoms with Gasteiger partial charge in [-0.2, -0.15) is 0 Å². The van der Waals surface area contributed by atoms with E-state index >= 15 is 0 Å². The van der Waals surface area contributed by atoms with Crippen LogP contribution in [0.2, 0.25) is 0 Å². The fraction of sp³-hybridized carbons (Fsp3) is 0.312. The lowest BCUT2D eigenvalue weighted by Crippen LogP contribution is -2.26. The normalized spacial score (nSPS) is 11.0. The molecule has 1 aromatic carbocycles. The number of hydrogen-bond acceptors (Lipinski definition) is 3. The van der Waals surface area contributed by atoms with Crippen LogP contribution in [-0.4, -0.2) is 22.8 Å². The zero-order chi connectivity index (χ0) is 14.8. The van der Waals surface area contributed by atoms with Gasteiger partial charge in [0.2, 0.25) is 0 Å². The van der Waals surface area contributed by atoms with E-state index in [1.807, 2.05) is 45.0 Å². The van der Waals surface area contributed by atoms with Crippen molar-refractivity contribution in [1.82, 2.24) is 4.57 Å². The van der Waals surface area contributed by atoms with E-state index < -0.39 is 5.60 Å². The Labute approximate surface area is 118 Å². The van der Waals surface area contributed by atoms with Crippen LogP contribution in [0, 0.1) is 11.8 Å². The number of carbonyl (C=O) groups is 1. The van der Waals surface area contributed by atoms with Gasteiger partial charge in [-0.1, -0.05) is 11.8 Å². The van der Waals surface area contributed by atoms with Gasteiger partial charge in [-0.05, 0) is 45.0 Å². The van der Waals surface area contributed by atoms with Crippen molar-refractivity contribution in [2.24, 2.45) is 5.73 Å². The summed E-state index contributed by atoms with van der Waals surface area (Å²) in [5.74, 6) is 5.78. The van der Waals surface area contributed by atoms with Gasteiger partial charge in [0.15, 0.2) is 0 Å². The van der Waals surface area contributed by atoms with Crippen molar-refractivity contribution in [3.05, 3.63) is 36.0 Å². The molecule has 1 aromatic heterocycles. The molecule has 2 aromatic rings. The minimum atomic E-state index is -0.514. The monoisotopic (exact) mass is 270 g/mol. The summed E-state index contributed by atoms with van der Waals surface area (Å²) in [4.78, 5) is 12.1. The molecule has 0 aliphatic carbocycles. The lowest BCUT2D eigenvalue weighted by atomic mass is 10.1. The first kappa shape index (κ1) is 14.2. The molecule has 0 unspecified atom stereocenters. The fourth-order valence-electron chi connectivity index (χ4n) is 1.84. The van der Waals surface area contributed by atoms with Crippen LogP contribution in [-0.2, 0) is 4.74 Å². The van der Waals surface area contributed by atoms with Crippen LogP contribution in [0.3, 0.4) is 0 Å². The van der Waals surface area contributed by atoms with E-state index in [4.69, 9.17) is 10.5 Å². The standard InChI is InChI=1S/C16H18N2O2/c1-16(2,3)20-15(19)18-10-8-13-11-12(5-4-9-17)6-7-14(13)18/h6-8,10-11H,9,17H2,1-3H3. The molecule has 0 saturated heterocycles. The topological polar surface area (TPSA) is 57.2 Å². The van der Waals surface area contributed by atoms with E-state index in [1.165, 1.54) is 4.57 Å². The van der Waals surface area contributed by atoms with Crippen molar-refractivity contribution in [3.8, 4) is 11.8 Å². The molecule has 20 heavy (non-hydrogen) atoms. The van der Waals surface area contributed by atoms with Crippen LogP contribution in [0.1, 0.15) is 26.3 Å². The molecule has 0 amide bonds. The molecule has 0 radical (unpaired) electrons. The highest BCUT2D eigenvalue weighted by Crippen LogP contribution is 2.19. The molecule has 0 aliphatic rings. The maximum Gasteiger partial charge on any atom is 0.418 e. The first-order valence-corrected chi connectivity index (χ1v) is 6.44. The van der Waals surface area contributed by atoms with Crippen LogP contribution in [0.4, 0.5) is 4.79 Å². The number of benzene rings is 1. The van der Waals surface area contributed by atoms with Crippen LogP contribution < -0.4 is 5.73 Å². The second-order valence-electron chi connectivity index (χ2n) is 5.45. The lowest BCUT2D eigenvalue weighted by molar-refractivity contribution is 0.0544. The molecule has 0 fully saturated rings. The average molecular weight is 270 g/mol. The summed E-state index contributed by atoms with van der Waals surface area (Å²) in [5, 5.41) is 0.944. The van der Waals surface area contributed by atoms with E-state index in [1.54, 1.807) is 6.20 Å². The number of hydrogen-bond donors (Lipinski definition) is 1. The van der Waals surface area contributed by atoms with Gasteiger partial charge < -0.3 is 10.5 Å². The molecule has 2 N–H and O–H groups in total. The second-order valence-corrected chi connectivity index (χ2v) is 5.45. The highest BCUT2D eigenvalue weighted by Gasteiger charge is 2.18. The minimum Gasteiger partial charge on any atom is -0.443 e. The Kier molecular flexibility index (Phi) is 3.82. The molecule has 104 valence electrons. The van der Waals surface area contributed by atoms with Crippen LogP contribution in [0.25, 0.3) is 10.9 Å². The third-order valence-corrected chi connectivity index (χ3v) is 2.62. The van der Waals surface area contributed by atoms with Crippen molar-refractivity contribution in [2.45, 2.75) is 26.4 Å². The number of nitrogens with two attached hydrogens (primary N) is 1. The molecule has 0 bridgehead atoms. The zero-order valence-electron chi connectivity index (χ0n) is 11.9. The van der Waals surface area contributed by atoms with Gasteiger partial charge in [0.1, 0.15) is 5.60 Å². The van der Waals surface area contributed by atoms with Gasteiger partial charge in [-0.3, -0.25) is 4.57 Å². The number of ether oxygens (including phenoxy) is 1. The van der Waals surface area contributed by atoms with Crippen molar-refractivity contribution < 1.29 is 9.53 Å². The predicted octanol–water partition coefficient (Wildman–Crippen LogP) is 2.73. The summed E-state index contributed by atoms with van der Waals surface area (Å²) < 4.78 is 6.87. The van der Waals surface area contributed by atoms with Gasteiger partial charge in [0.05, 0.1) is 12.1 Å². The molecule has 0 aliphatic heterocycles. The van der Waals surface area contributed by atoms with E-state index in [-0.39, 0.29) is 6.09 Å². The van der Waals surface area contributed by atoms with Crippen molar-refractivity contribution in [3.63, 3.8) is 0 Å². The summed E-state index contributed by atoms with van der Waals surface area (Å²) >= 11 is 0. The maximum atomic E-state index is 12.1. The van der Waals surface area contributed by atoms with E-state index in [0.717, 1.165) is 16.5 Å². The summed E-state index contributed by atoms with van der Waals surface area (Å²) in [6, 6.07) is 7.53. The molecular weight excluding hydrogens is 252 g/mol. The van der Waals surface area contributed by atoms with E-state index in [9.17, 15) is 4.79 Å². The summed E-state index contributed by atoms with van der Waals surface area (Å²) in [6.07, 6.45) is 1.33. The van der Waals surface area contributed by atoms with Crippen molar-refractivity contribution in [1.29, 1.82) is 0 Å². The number of rotatable bonds is 0. The summed E-state index contributed by atoms with van der Waals surface area (Å²) in [5.41, 5.74) is 6.52. The van der Waals surface area contributed by atoms with Gasteiger partial charge in [0.25, 0.3) is 0 Å². The molecule has 4 nitrogen and oxygen atoms in total. The molecule has 0 spiro atoms. The Balaban J connectivity index is 2.36. The van der Waals surface area contributed by atoms with Gasteiger partial charge in [0, 0.05) is 17.1 Å². The molecule has 0 saturated carbocycles. The Morgan fingerprint density at radius 2 is 2.10 bits per heavy atom. The van der Waals surface area contributed by atoms with Crippen LogP contribution >= 0.6 is 0 Å². The molecule has 0 atom stereocenters. The molecule has 2 rings (SSSR count). The summed E-state index contributed by atoms with van der Waals surface area (Å²) in [7, 11) is 0. The molecular formula is C16H18N2O2. The van der Waals surface area contributed by atoms with Gasteiger partial charge in [-0.25, -0.2) is 4.79 Å². The van der Waals surface area contributed by atoms with Crippen LogP contribution in [0.5, 0.6) is 0 Å². The predicted molar refractivity (Wildman–Crippen MR) is 79.5 cm³/mol. The number of nitrogens with zero attached hydrogens (tertiary/aromatic N) is 1. The van der Waals surface area contributed by atoms with Gasteiger partial charge in [-0.15, -0.1) is 0 Å². The second kappa shape index (κ2) is 5.40. The number of carbonyl (C=O) groups excluding carboxylic acids is 1. The van der Waals surface area contributed by atoms with Crippen LogP contribution in [0.15, 0.2) is 30.5 Å². The average Bonchev–Trinajstić information content (AvgIpc) is 2.77. The Bertz CT molecular complexity index is 697. The fourth-order valence-corrected chi connectivity index (χ4v) is 1.84. The number of aromatic nitrogens is 1. The SMILES string of the molecule is CC(C)(C)OC(=O)n1ccc2cc(C#CCN)ccc21. The minimum absolute atomic E-state index is 0.330. The highest BCUT2D eigenvalue weighted by atomic mass is 16.6. The maximum absolute atomic E-state index is 12.1.